The van der Waals surface area contributed by atoms with Crippen LogP contribution >= 0.6 is 0 Å². The maximum Gasteiger partial charge on any atom is 0.225 e. The van der Waals surface area contributed by atoms with Gasteiger partial charge in [-0.05, 0) is 43.8 Å². The Bertz CT molecular complexity index is 499. The predicted octanol–water partition coefficient (Wildman–Crippen LogP) is 2.67. The van der Waals surface area contributed by atoms with E-state index in [1.807, 2.05) is 12.4 Å². The number of hydrogen-bond acceptors (Lipinski definition) is 5. The molecule has 140 valence electrons. The fourth-order valence-corrected chi connectivity index (χ4v) is 4.20. The average molecular weight is 346 g/mol. The lowest BCUT2D eigenvalue weighted by atomic mass is 10.0. The van der Waals surface area contributed by atoms with Crippen molar-refractivity contribution in [3.63, 3.8) is 0 Å². The number of rotatable bonds is 6. The minimum Gasteiger partial charge on any atom is -0.338 e. The molecule has 2 aliphatic rings. The van der Waals surface area contributed by atoms with Crippen LogP contribution in [0, 0.1) is 5.92 Å². The number of piperazine rings is 1. The van der Waals surface area contributed by atoms with Gasteiger partial charge < -0.3 is 9.80 Å². The van der Waals surface area contributed by atoms with Gasteiger partial charge in [0.05, 0.1) is 0 Å². The van der Waals surface area contributed by atoms with Gasteiger partial charge in [0.2, 0.25) is 5.95 Å². The molecule has 2 fully saturated rings. The highest BCUT2D eigenvalue weighted by atomic mass is 15.3. The van der Waals surface area contributed by atoms with Crippen molar-refractivity contribution < 1.29 is 0 Å². The van der Waals surface area contributed by atoms with Crippen molar-refractivity contribution in [2.45, 2.75) is 52.5 Å². The molecule has 0 N–H and O–H groups in total. The Morgan fingerprint density at radius 3 is 2.20 bits per heavy atom. The summed E-state index contributed by atoms with van der Waals surface area (Å²) in [5.41, 5.74) is 1.25. The number of aromatic nitrogens is 2. The molecular formula is C20H35N5. The van der Waals surface area contributed by atoms with Crippen molar-refractivity contribution in [1.82, 2.24) is 19.8 Å². The van der Waals surface area contributed by atoms with E-state index < -0.39 is 0 Å². The first-order chi connectivity index (χ1) is 12.2. The Balaban J connectivity index is 1.44. The van der Waals surface area contributed by atoms with E-state index in [-0.39, 0.29) is 0 Å². The third kappa shape index (κ3) is 5.14. The standard InChI is InChI=1S/C20H35N5/c1-4-5-18-14-21-20(22-15-18)25-12-10-24(11-13-25)19-6-8-23(9-7-19)16-17(2)3/h14-15,17,19H,4-13,16H2,1-3H3. The maximum atomic E-state index is 4.59. The van der Waals surface area contributed by atoms with Crippen LogP contribution in [0.25, 0.3) is 0 Å². The number of anilines is 1. The van der Waals surface area contributed by atoms with Crippen molar-refractivity contribution in [2.75, 3.05) is 50.7 Å². The molecule has 0 saturated carbocycles. The van der Waals surface area contributed by atoms with Gasteiger partial charge in [0.1, 0.15) is 0 Å². The second-order valence-corrected chi connectivity index (χ2v) is 8.09. The molecule has 0 atom stereocenters. The van der Waals surface area contributed by atoms with E-state index in [2.05, 4.69) is 45.4 Å². The number of piperidine rings is 1. The number of aryl methyl sites for hydroxylation is 1. The SMILES string of the molecule is CCCc1cnc(N2CCN(C3CCN(CC(C)C)CC3)CC2)nc1. The van der Waals surface area contributed by atoms with Crippen molar-refractivity contribution in [1.29, 1.82) is 0 Å². The second kappa shape index (κ2) is 8.95. The van der Waals surface area contributed by atoms with E-state index in [4.69, 9.17) is 0 Å². The molecule has 3 heterocycles. The Hall–Kier alpha value is -1.20. The minimum absolute atomic E-state index is 0.776. The maximum absolute atomic E-state index is 4.59. The molecule has 5 nitrogen and oxygen atoms in total. The largest absolute Gasteiger partial charge is 0.338 e. The summed E-state index contributed by atoms with van der Waals surface area (Å²) in [4.78, 5) is 16.9. The van der Waals surface area contributed by atoms with Gasteiger partial charge in [-0.25, -0.2) is 9.97 Å². The van der Waals surface area contributed by atoms with Crippen LogP contribution in [0.2, 0.25) is 0 Å². The summed E-state index contributed by atoms with van der Waals surface area (Å²) in [5.74, 6) is 1.69. The van der Waals surface area contributed by atoms with Crippen molar-refractivity contribution in [3.8, 4) is 0 Å². The first-order valence-electron chi connectivity index (χ1n) is 10.2. The molecule has 0 radical (unpaired) electrons. The summed E-state index contributed by atoms with van der Waals surface area (Å²) in [7, 11) is 0. The number of hydrogen-bond donors (Lipinski definition) is 0. The van der Waals surface area contributed by atoms with Crippen LogP contribution in [0.4, 0.5) is 5.95 Å². The molecule has 1 aromatic heterocycles. The van der Waals surface area contributed by atoms with Gasteiger partial charge >= 0.3 is 0 Å². The Kier molecular flexibility index (Phi) is 6.65. The molecule has 1 aromatic rings. The zero-order valence-corrected chi connectivity index (χ0v) is 16.3. The molecule has 0 unspecified atom stereocenters. The highest BCUT2D eigenvalue weighted by Gasteiger charge is 2.28. The van der Waals surface area contributed by atoms with Crippen LogP contribution in [-0.4, -0.2) is 71.6 Å². The monoisotopic (exact) mass is 345 g/mol. The molecule has 2 saturated heterocycles. The zero-order chi connectivity index (χ0) is 17.6. The normalized spacial score (nSPS) is 21.2. The summed E-state index contributed by atoms with van der Waals surface area (Å²) in [6.07, 6.45) is 8.89. The highest BCUT2D eigenvalue weighted by Crippen LogP contribution is 2.20. The summed E-state index contributed by atoms with van der Waals surface area (Å²) in [6, 6.07) is 0.776. The summed E-state index contributed by atoms with van der Waals surface area (Å²) in [5, 5.41) is 0. The van der Waals surface area contributed by atoms with Crippen molar-refractivity contribution >= 4 is 5.95 Å². The lowest BCUT2D eigenvalue weighted by molar-refractivity contribution is 0.0971. The zero-order valence-electron chi connectivity index (χ0n) is 16.3. The Morgan fingerprint density at radius 2 is 1.64 bits per heavy atom. The average Bonchev–Trinajstić information content (AvgIpc) is 2.63. The first kappa shape index (κ1) is 18.6. The molecule has 5 heteroatoms. The molecule has 0 spiro atoms. The van der Waals surface area contributed by atoms with E-state index in [0.29, 0.717) is 0 Å². The summed E-state index contributed by atoms with van der Waals surface area (Å²) in [6.45, 7) is 15.0. The Morgan fingerprint density at radius 1 is 1.00 bits per heavy atom. The van der Waals surface area contributed by atoms with Crippen LogP contribution in [0.3, 0.4) is 0 Å². The van der Waals surface area contributed by atoms with E-state index in [0.717, 1.165) is 56.9 Å². The summed E-state index contributed by atoms with van der Waals surface area (Å²) >= 11 is 0. The van der Waals surface area contributed by atoms with E-state index >= 15 is 0 Å². The van der Waals surface area contributed by atoms with Crippen molar-refractivity contribution in [3.05, 3.63) is 18.0 Å². The lowest BCUT2D eigenvalue weighted by Gasteiger charge is -2.43. The van der Waals surface area contributed by atoms with Gasteiger partial charge in [0.15, 0.2) is 0 Å². The van der Waals surface area contributed by atoms with Crippen LogP contribution in [0.15, 0.2) is 12.4 Å². The summed E-state index contributed by atoms with van der Waals surface area (Å²) < 4.78 is 0. The predicted molar refractivity (Wildman–Crippen MR) is 104 cm³/mol. The first-order valence-corrected chi connectivity index (χ1v) is 10.2. The molecule has 0 amide bonds. The van der Waals surface area contributed by atoms with E-state index in [1.165, 1.54) is 38.0 Å². The number of nitrogens with zero attached hydrogens (tertiary/aromatic N) is 5. The Labute approximate surface area is 153 Å². The van der Waals surface area contributed by atoms with Gasteiger partial charge in [-0.1, -0.05) is 27.2 Å². The van der Waals surface area contributed by atoms with Crippen LogP contribution in [-0.2, 0) is 6.42 Å². The molecule has 0 bridgehead atoms. The molecule has 0 aromatic carbocycles. The topological polar surface area (TPSA) is 35.5 Å². The lowest BCUT2D eigenvalue weighted by Crippen LogP contribution is -2.53. The third-order valence-corrected chi connectivity index (χ3v) is 5.52. The third-order valence-electron chi connectivity index (χ3n) is 5.52. The number of likely N-dealkylation sites (tertiary alicyclic amines) is 1. The fourth-order valence-electron chi connectivity index (χ4n) is 4.20. The molecule has 2 aliphatic heterocycles. The van der Waals surface area contributed by atoms with E-state index in [9.17, 15) is 0 Å². The molecule has 3 rings (SSSR count). The quantitative estimate of drug-likeness (QED) is 0.792. The van der Waals surface area contributed by atoms with Gasteiger partial charge in [0.25, 0.3) is 0 Å². The smallest absolute Gasteiger partial charge is 0.225 e. The molecule has 0 aliphatic carbocycles. The molecular weight excluding hydrogens is 310 g/mol. The fraction of sp³-hybridized carbons (Fsp3) is 0.800. The second-order valence-electron chi connectivity index (χ2n) is 8.09. The van der Waals surface area contributed by atoms with Gasteiger partial charge in [-0.15, -0.1) is 0 Å². The minimum atomic E-state index is 0.776. The van der Waals surface area contributed by atoms with Gasteiger partial charge in [-0.2, -0.15) is 0 Å². The van der Waals surface area contributed by atoms with E-state index in [1.54, 1.807) is 0 Å². The van der Waals surface area contributed by atoms with Crippen LogP contribution in [0.1, 0.15) is 45.6 Å². The highest BCUT2D eigenvalue weighted by molar-refractivity contribution is 5.30. The van der Waals surface area contributed by atoms with Crippen molar-refractivity contribution in [2.24, 2.45) is 5.92 Å². The van der Waals surface area contributed by atoms with Gasteiger partial charge in [0, 0.05) is 51.2 Å². The van der Waals surface area contributed by atoms with Crippen LogP contribution < -0.4 is 4.90 Å². The van der Waals surface area contributed by atoms with Crippen LogP contribution in [0.5, 0.6) is 0 Å². The van der Waals surface area contributed by atoms with Gasteiger partial charge in [-0.3, -0.25) is 4.90 Å². The molecule has 25 heavy (non-hydrogen) atoms.